The number of benzene rings is 1. The van der Waals surface area contributed by atoms with Crippen molar-refractivity contribution < 1.29 is 15.7 Å². The highest BCUT2D eigenvalue weighted by Gasteiger charge is 2.21. The predicted octanol–water partition coefficient (Wildman–Crippen LogP) is -0.916. The summed E-state index contributed by atoms with van der Waals surface area (Å²) in [5.74, 6) is 1.85. The van der Waals surface area contributed by atoms with Crippen molar-refractivity contribution in [2.45, 2.75) is 12.8 Å². The van der Waals surface area contributed by atoms with E-state index in [2.05, 4.69) is 20.0 Å². The highest BCUT2D eigenvalue weighted by molar-refractivity contribution is 6.32. The number of rotatable bonds is 3. The van der Waals surface area contributed by atoms with Gasteiger partial charge in [0, 0.05) is 0 Å². The van der Waals surface area contributed by atoms with E-state index in [1.165, 1.54) is 18.3 Å². The minimum absolute atomic E-state index is 0. The first-order valence-corrected chi connectivity index (χ1v) is 4.54. The van der Waals surface area contributed by atoms with Gasteiger partial charge in [-0.1, -0.05) is 17.6 Å². The van der Waals surface area contributed by atoms with Gasteiger partial charge in [-0.05, 0) is 30.9 Å². The molecule has 0 aliphatic heterocycles. The Labute approximate surface area is 85.1 Å². The fourth-order valence-corrected chi connectivity index (χ4v) is 1.13. The van der Waals surface area contributed by atoms with Crippen molar-refractivity contribution in [3.05, 3.63) is 24.3 Å². The van der Waals surface area contributed by atoms with Crippen LogP contribution in [0.3, 0.4) is 0 Å². The van der Waals surface area contributed by atoms with Gasteiger partial charge in [0.05, 0.1) is 6.61 Å². The lowest BCUT2D eigenvalue weighted by Crippen LogP contribution is -2.02. The lowest BCUT2D eigenvalue weighted by molar-refractivity contribution is 0.300. The summed E-state index contributed by atoms with van der Waals surface area (Å²) in [6.07, 6.45) is 2.71. The van der Waals surface area contributed by atoms with Crippen LogP contribution in [0.2, 0.25) is 0 Å². The van der Waals surface area contributed by atoms with Crippen LogP contribution in [0.25, 0.3) is 0 Å². The first-order chi connectivity index (χ1) is 5.84. The Bertz CT molecular complexity index is 257. The molecule has 0 atom stereocenters. The molecule has 1 saturated carbocycles. The molecule has 0 aromatic heterocycles. The van der Waals surface area contributed by atoms with Gasteiger partial charge in [0.15, 0.2) is 0 Å². The van der Waals surface area contributed by atoms with Gasteiger partial charge in [0.2, 0.25) is 0 Å². The van der Waals surface area contributed by atoms with Gasteiger partial charge in [-0.25, -0.2) is 0 Å². The molecule has 0 radical (unpaired) electrons. The maximum Gasteiger partial charge on any atom is 0.139 e. The summed E-state index contributed by atoms with van der Waals surface area (Å²) in [4.78, 5) is 0. The molecule has 0 bridgehead atoms. The molecule has 0 heterocycles. The molecule has 78 valence electrons. The zero-order valence-electron chi connectivity index (χ0n) is 8.42. The lowest BCUT2D eigenvalue weighted by Gasteiger charge is -2.04. The predicted molar refractivity (Wildman–Crippen MR) is 60.1 cm³/mol. The summed E-state index contributed by atoms with van der Waals surface area (Å²) >= 11 is 0. The van der Waals surface area contributed by atoms with Crippen LogP contribution in [0.4, 0.5) is 0 Å². The highest BCUT2D eigenvalue weighted by atomic mass is 16.5. The van der Waals surface area contributed by atoms with Crippen molar-refractivity contribution in [3.63, 3.8) is 0 Å². The molecule has 14 heavy (non-hydrogen) atoms. The van der Waals surface area contributed by atoms with Crippen LogP contribution in [0.5, 0.6) is 5.75 Å². The zero-order chi connectivity index (χ0) is 8.39. The van der Waals surface area contributed by atoms with Crippen LogP contribution >= 0.6 is 0 Å². The van der Waals surface area contributed by atoms with Gasteiger partial charge in [-0.15, -0.1) is 0 Å². The van der Waals surface area contributed by atoms with Crippen molar-refractivity contribution in [1.29, 1.82) is 0 Å². The molecular formula is C10H17BO3. The Balaban J connectivity index is 0.000000845. The van der Waals surface area contributed by atoms with E-state index in [9.17, 15) is 0 Å². The van der Waals surface area contributed by atoms with E-state index in [1.54, 1.807) is 0 Å². The van der Waals surface area contributed by atoms with Crippen molar-refractivity contribution in [3.8, 4) is 5.75 Å². The summed E-state index contributed by atoms with van der Waals surface area (Å²) in [5.41, 5.74) is 1.29. The second kappa shape index (κ2) is 5.68. The monoisotopic (exact) mass is 196 g/mol. The number of hydrogen-bond acceptors (Lipinski definition) is 1. The molecule has 0 spiro atoms. The Morgan fingerprint density at radius 2 is 1.71 bits per heavy atom. The second-order valence-corrected chi connectivity index (χ2v) is 3.57. The van der Waals surface area contributed by atoms with E-state index in [0.29, 0.717) is 0 Å². The molecule has 1 aromatic carbocycles. The molecule has 1 aliphatic rings. The zero-order valence-corrected chi connectivity index (χ0v) is 8.42. The second-order valence-electron chi connectivity index (χ2n) is 3.57. The normalized spacial score (nSPS) is 13.7. The minimum Gasteiger partial charge on any atom is -0.493 e. The van der Waals surface area contributed by atoms with Crippen LogP contribution in [-0.4, -0.2) is 25.4 Å². The van der Waals surface area contributed by atoms with Crippen molar-refractivity contribution in [2.24, 2.45) is 5.92 Å². The standard InChI is InChI=1S/C10H13BO.2H2O/c11-9-3-5-10(6-4-9)12-7-8-1-2-8;;/h3-6,8H,1-2,7,11H2;2*1H2. The van der Waals surface area contributed by atoms with Crippen LogP contribution < -0.4 is 10.2 Å². The molecule has 3 nitrogen and oxygen atoms in total. The van der Waals surface area contributed by atoms with Gasteiger partial charge in [0.1, 0.15) is 13.6 Å². The SMILES string of the molecule is Bc1ccc(OCC2CC2)cc1.O.O. The van der Waals surface area contributed by atoms with Gasteiger partial charge in [-0.3, -0.25) is 0 Å². The van der Waals surface area contributed by atoms with E-state index >= 15 is 0 Å². The topological polar surface area (TPSA) is 72.2 Å². The van der Waals surface area contributed by atoms with Gasteiger partial charge in [0.25, 0.3) is 0 Å². The Morgan fingerprint density at radius 3 is 2.21 bits per heavy atom. The quantitative estimate of drug-likeness (QED) is 0.576. The first kappa shape index (κ1) is 13.0. The molecule has 0 unspecified atom stereocenters. The van der Waals surface area contributed by atoms with Crippen molar-refractivity contribution in [2.75, 3.05) is 6.61 Å². The van der Waals surface area contributed by atoms with Crippen molar-refractivity contribution in [1.82, 2.24) is 0 Å². The summed E-state index contributed by atoms with van der Waals surface area (Å²) in [7, 11) is 2.09. The average Bonchev–Trinajstić information content (AvgIpc) is 2.87. The molecule has 1 aromatic rings. The summed E-state index contributed by atoms with van der Waals surface area (Å²) in [6, 6.07) is 8.25. The average molecular weight is 196 g/mol. The molecule has 0 saturated heterocycles. The summed E-state index contributed by atoms with van der Waals surface area (Å²) < 4.78 is 5.58. The van der Waals surface area contributed by atoms with Crippen LogP contribution in [0, 0.1) is 5.92 Å². The molecule has 2 rings (SSSR count). The largest absolute Gasteiger partial charge is 0.493 e. The smallest absolute Gasteiger partial charge is 0.139 e. The Hall–Kier alpha value is -0.995. The van der Waals surface area contributed by atoms with Gasteiger partial charge >= 0.3 is 0 Å². The Morgan fingerprint density at radius 1 is 1.14 bits per heavy atom. The van der Waals surface area contributed by atoms with E-state index in [-0.39, 0.29) is 11.0 Å². The van der Waals surface area contributed by atoms with E-state index in [1.807, 2.05) is 12.1 Å². The maximum atomic E-state index is 5.58. The highest BCUT2D eigenvalue weighted by Crippen LogP contribution is 2.29. The number of hydrogen-bond donors (Lipinski definition) is 0. The van der Waals surface area contributed by atoms with E-state index in [4.69, 9.17) is 4.74 Å². The first-order valence-electron chi connectivity index (χ1n) is 4.54. The molecular weight excluding hydrogens is 179 g/mol. The third-order valence-corrected chi connectivity index (χ3v) is 2.20. The van der Waals surface area contributed by atoms with E-state index in [0.717, 1.165) is 18.3 Å². The van der Waals surface area contributed by atoms with E-state index < -0.39 is 0 Å². The third-order valence-electron chi connectivity index (χ3n) is 2.20. The Kier molecular flexibility index (Phi) is 5.27. The van der Waals surface area contributed by atoms with Crippen LogP contribution in [0.15, 0.2) is 24.3 Å². The van der Waals surface area contributed by atoms with Gasteiger partial charge < -0.3 is 15.7 Å². The molecule has 4 N–H and O–H groups in total. The van der Waals surface area contributed by atoms with Crippen molar-refractivity contribution >= 4 is 13.3 Å². The third kappa shape index (κ3) is 3.81. The van der Waals surface area contributed by atoms with Crippen LogP contribution in [-0.2, 0) is 0 Å². The number of ether oxygens (including phenoxy) is 1. The fraction of sp³-hybridized carbons (Fsp3) is 0.400. The fourth-order valence-electron chi connectivity index (χ4n) is 1.13. The minimum atomic E-state index is 0. The summed E-state index contributed by atoms with van der Waals surface area (Å²) in [6.45, 7) is 0.906. The van der Waals surface area contributed by atoms with Crippen LogP contribution in [0.1, 0.15) is 12.8 Å². The summed E-state index contributed by atoms with van der Waals surface area (Å²) in [5, 5.41) is 0. The molecule has 4 heteroatoms. The van der Waals surface area contributed by atoms with Gasteiger partial charge in [-0.2, -0.15) is 0 Å². The lowest BCUT2D eigenvalue weighted by atomic mass is 9.97. The maximum absolute atomic E-state index is 5.58. The molecule has 1 aliphatic carbocycles. The molecule has 0 amide bonds. The molecule has 1 fully saturated rings.